The van der Waals surface area contributed by atoms with Crippen LogP contribution in [0.1, 0.15) is 10.4 Å². The van der Waals surface area contributed by atoms with Crippen molar-refractivity contribution >= 4 is 11.5 Å². The van der Waals surface area contributed by atoms with E-state index in [0.29, 0.717) is 0 Å². The molecule has 0 aromatic heterocycles. The normalized spacial score (nSPS) is 23.9. The Morgan fingerprint density at radius 2 is 1.93 bits per heavy atom. The van der Waals surface area contributed by atoms with Crippen LogP contribution in [0, 0.1) is 5.92 Å². The quantitative estimate of drug-likeness (QED) is 0.742. The average Bonchev–Trinajstić information content (AvgIpc) is 2.29. The van der Waals surface area contributed by atoms with Gasteiger partial charge in [0.2, 0.25) is 0 Å². The summed E-state index contributed by atoms with van der Waals surface area (Å²) in [4.78, 5) is 12.1. The largest absolute Gasteiger partial charge is 0.377 e. The fraction of sp³-hybridized carbons (Fsp3) is 0.154. The lowest BCUT2D eigenvalue weighted by Gasteiger charge is -2.29. The molecule has 1 aliphatic heterocycles. The number of hydrogen-bond acceptors (Lipinski definition) is 2. The van der Waals surface area contributed by atoms with E-state index in [-0.39, 0.29) is 17.7 Å². The third-order valence-electron chi connectivity index (χ3n) is 2.71. The molecular weight excluding hydrogens is 186 g/mol. The molecule has 1 aliphatic rings. The zero-order chi connectivity index (χ0) is 10.8. The van der Waals surface area contributed by atoms with Crippen LogP contribution in [0.15, 0.2) is 49.6 Å². The summed E-state index contributed by atoms with van der Waals surface area (Å²) in [5.74, 6) is -0.0957. The van der Waals surface area contributed by atoms with Gasteiger partial charge in [-0.3, -0.25) is 4.79 Å². The maximum Gasteiger partial charge on any atom is 0.174 e. The van der Waals surface area contributed by atoms with Gasteiger partial charge in [-0.2, -0.15) is 0 Å². The summed E-state index contributed by atoms with van der Waals surface area (Å²) in [5.41, 5.74) is 1.62. The molecule has 0 aliphatic carbocycles. The van der Waals surface area contributed by atoms with Crippen LogP contribution in [0.4, 0.5) is 5.69 Å². The van der Waals surface area contributed by atoms with E-state index >= 15 is 0 Å². The van der Waals surface area contributed by atoms with E-state index in [2.05, 4.69) is 18.5 Å². The number of ketones is 1. The van der Waals surface area contributed by atoms with Crippen LogP contribution >= 0.6 is 0 Å². The van der Waals surface area contributed by atoms with E-state index in [9.17, 15) is 4.79 Å². The summed E-state index contributed by atoms with van der Waals surface area (Å²) in [5, 5.41) is 3.27. The van der Waals surface area contributed by atoms with E-state index in [1.54, 1.807) is 12.2 Å². The molecule has 2 rings (SSSR count). The maximum atomic E-state index is 12.1. The first-order chi connectivity index (χ1) is 7.27. The number of anilines is 1. The Bertz CT molecular complexity index is 422. The monoisotopic (exact) mass is 199 g/mol. The lowest BCUT2D eigenvalue weighted by molar-refractivity contribution is 0.0937. The van der Waals surface area contributed by atoms with E-state index in [1.807, 2.05) is 24.3 Å². The molecule has 2 heteroatoms. The van der Waals surface area contributed by atoms with E-state index in [1.165, 1.54) is 0 Å². The highest BCUT2D eigenvalue weighted by atomic mass is 16.1. The van der Waals surface area contributed by atoms with Crippen molar-refractivity contribution in [2.24, 2.45) is 5.92 Å². The van der Waals surface area contributed by atoms with Crippen molar-refractivity contribution in [3.63, 3.8) is 0 Å². The Labute approximate surface area is 89.3 Å². The number of benzene rings is 1. The van der Waals surface area contributed by atoms with Gasteiger partial charge in [0, 0.05) is 11.3 Å². The molecule has 2 nitrogen and oxygen atoms in total. The van der Waals surface area contributed by atoms with Crippen LogP contribution in [0.3, 0.4) is 0 Å². The predicted octanol–water partition coefficient (Wildman–Crippen LogP) is 2.65. The molecule has 1 aromatic carbocycles. The van der Waals surface area contributed by atoms with Crippen LogP contribution in [0.2, 0.25) is 0 Å². The molecular formula is C13H13NO. The SMILES string of the molecule is C=CC1Nc2ccccc2C(=O)C1C=C. The number of nitrogens with one attached hydrogen (secondary N) is 1. The molecule has 0 fully saturated rings. The van der Waals surface area contributed by atoms with Crippen LogP contribution in [0.5, 0.6) is 0 Å². The fourth-order valence-corrected chi connectivity index (χ4v) is 1.90. The Hall–Kier alpha value is -1.83. The highest BCUT2D eigenvalue weighted by Gasteiger charge is 2.30. The molecule has 2 atom stereocenters. The molecule has 2 unspecified atom stereocenters. The molecule has 0 spiro atoms. The second-order valence-electron chi connectivity index (χ2n) is 3.58. The van der Waals surface area contributed by atoms with Gasteiger partial charge in [-0.05, 0) is 12.1 Å². The summed E-state index contributed by atoms with van der Waals surface area (Å²) in [6.45, 7) is 7.42. The van der Waals surface area contributed by atoms with Crippen molar-refractivity contribution in [1.82, 2.24) is 0 Å². The van der Waals surface area contributed by atoms with E-state index in [4.69, 9.17) is 0 Å². The maximum absolute atomic E-state index is 12.1. The van der Waals surface area contributed by atoms with Gasteiger partial charge in [-0.25, -0.2) is 0 Å². The molecule has 0 saturated carbocycles. The minimum atomic E-state index is -0.211. The summed E-state index contributed by atoms with van der Waals surface area (Å²) >= 11 is 0. The Morgan fingerprint density at radius 1 is 1.20 bits per heavy atom. The molecule has 76 valence electrons. The van der Waals surface area contributed by atoms with Gasteiger partial charge < -0.3 is 5.32 Å². The predicted molar refractivity (Wildman–Crippen MR) is 62.1 cm³/mol. The number of Topliss-reactive ketones (excluding diaryl/α,β-unsaturated/α-hetero) is 1. The fourth-order valence-electron chi connectivity index (χ4n) is 1.90. The smallest absolute Gasteiger partial charge is 0.174 e. The van der Waals surface area contributed by atoms with Gasteiger partial charge in [-0.1, -0.05) is 24.3 Å². The van der Waals surface area contributed by atoms with Crippen molar-refractivity contribution < 1.29 is 4.79 Å². The van der Waals surface area contributed by atoms with Crippen molar-refractivity contribution in [2.45, 2.75) is 6.04 Å². The van der Waals surface area contributed by atoms with Crippen molar-refractivity contribution in [3.8, 4) is 0 Å². The molecule has 0 amide bonds. The van der Waals surface area contributed by atoms with E-state index < -0.39 is 0 Å². The van der Waals surface area contributed by atoms with Gasteiger partial charge in [0.25, 0.3) is 0 Å². The summed E-state index contributed by atoms with van der Waals surface area (Å²) in [6, 6.07) is 7.47. The Morgan fingerprint density at radius 3 is 2.60 bits per heavy atom. The summed E-state index contributed by atoms with van der Waals surface area (Å²) in [6.07, 6.45) is 3.43. The lowest BCUT2D eigenvalue weighted by atomic mass is 9.86. The Balaban J connectivity index is 2.49. The number of hydrogen-bond donors (Lipinski definition) is 1. The number of rotatable bonds is 2. The third kappa shape index (κ3) is 1.48. The van der Waals surface area contributed by atoms with Gasteiger partial charge >= 0.3 is 0 Å². The van der Waals surface area contributed by atoms with Gasteiger partial charge in [0.15, 0.2) is 5.78 Å². The van der Waals surface area contributed by atoms with Crippen LogP contribution in [0.25, 0.3) is 0 Å². The molecule has 0 bridgehead atoms. The molecule has 1 heterocycles. The van der Waals surface area contributed by atoms with Gasteiger partial charge in [-0.15, -0.1) is 13.2 Å². The highest BCUT2D eigenvalue weighted by molar-refractivity contribution is 6.06. The number of carbonyl (C=O) groups is 1. The second-order valence-corrected chi connectivity index (χ2v) is 3.58. The topological polar surface area (TPSA) is 29.1 Å². The first-order valence-electron chi connectivity index (χ1n) is 4.93. The van der Waals surface area contributed by atoms with Crippen LogP contribution < -0.4 is 5.32 Å². The lowest BCUT2D eigenvalue weighted by Crippen LogP contribution is -2.36. The van der Waals surface area contributed by atoms with Gasteiger partial charge in [0.05, 0.1) is 12.0 Å². The number of fused-ring (bicyclic) bond motifs is 1. The average molecular weight is 199 g/mol. The standard InChI is InChI=1S/C13H13NO/c1-3-9-11(4-2)14-12-8-6-5-7-10(12)13(9)15/h3-9,11,14H,1-2H2. The third-order valence-corrected chi connectivity index (χ3v) is 2.71. The first-order valence-corrected chi connectivity index (χ1v) is 4.93. The van der Waals surface area contributed by atoms with Crippen LogP contribution in [-0.2, 0) is 0 Å². The first kappa shape index (κ1) is 9.71. The minimum Gasteiger partial charge on any atom is -0.377 e. The molecule has 15 heavy (non-hydrogen) atoms. The zero-order valence-electron chi connectivity index (χ0n) is 8.44. The van der Waals surface area contributed by atoms with Crippen LogP contribution in [-0.4, -0.2) is 11.8 Å². The Kier molecular flexibility index (Phi) is 2.42. The zero-order valence-corrected chi connectivity index (χ0v) is 8.44. The summed E-state index contributed by atoms with van der Waals surface area (Å²) in [7, 11) is 0. The molecule has 0 saturated heterocycles. The molecule has 1 N–H and O–H groups in total. The number of carbonyl (C=O) groups excluding carboxylic acids is 1. The highest BCUT2D eigenvalue weighted by Crippen LogP contribution is 2.29. The molecule has 1 aromatic rings. The van der Waals surface area contributed by atoms with E-state index in [0.717, 1.165) is 11.3 Å². The van der Waals surface area contributed by atoms with Crippen molar-refractivity contribution in [2.75, 3.05) is 5.32 Å². The summed E-state index contributed by atoms with van der Waals surface area (Å²) < 4.78 is 0. The molecule has 0 radical (unpaired) electrons. The van der Waals surface area contributed by atoms with Gasteiger partial charge in [0.1, 0.15) is 0 Å². The minimum absolute atomic E-state index is 0.0510. The number of para-hydroxylation sites is 1. The second kappa shape index (κ2) is 3.73. The van der Waals surface area contributed by atoms with Crippen molar-refractivity contribution in [3.05, 3.63) is 55.1 Å². The van der Waals surface area contributed by atoms with Crippen molar-refractivity contribution in [1.29, 1.82) is 0 Å².